The summed E-state index contributed by atoms with van der Waals surface area (Å²) in [5.41, 5.74) is 3.38. The van der Waals surface area contributed by atoms with Crippen LogP contribution >= 0.6 is 0 Å². The van der Waals surface area contributed by atoms with Gasteiger partial charge < -0.3 is 0 Å². The van der Waals surface area contributed by atoms with Crippen LogP contribution in [0.15, 0.2) is 28.4 Å². The third kappa shape index (κ3) is 0.655. The smallest absolute Gasteiger partial charge is 0.125 e. The van der Waals surface area contributed by atoms with Gasteiger partial charge in [0.15, 0.2) is 0 Å². The molecule has 49 valence electrons. The Kier molecular flexibility index (Phi) is 0.943. The minimum atomic E-state index is -0.310. The van der Waals surface area contributed by atoms with Crippen molar-refractivity contribution in [1.29, 1.82) is 0 Å². The van der Waals surface area contributed by atoms with Gasteiger partial charge in [0.25, 0.3) is 0 Å². The van der Waals surface area contributed by atoms with E-state index >= 15 is 0 Å². The maximum atomic E-state index is 12.4. The minimum Gasteiger partial charge on any atom is -0.207 e. The summed E-state index contributed by atoms with van der Waals surface area (Å²) in [7, 11) is 0. The third-order valence-corrected chi connectivity index (χ3v) is 1.24. The Morgan fingerprint density at radius 1 is 1.10 bits per heavy atom. The van der Waals surface area contributed by atoms with E-state index in [0.29, 0.717) is 10.7 Å². The van der Waals surface area contributed by atoms with Gasteiger partial charge in [-0.1, -0.05) is 0 Å². The monoisotopic (exact) mass is 136 g/mol. The average Bonchev–Trinajstić information content (AvgIpc) is 2.33. The highest BCUT2D eigenvalue weighted by atomic mass is 19.1. The van der Waals surface area contributed by atoms with Crippen molar-refractivity contribution < 1.29 is 4.39 Å². The Morgan fingerprint density at radius 2 is 1.90 bits per heavy atom. The molecule has 0 N–H and O–H groups in total. The maximum absolute atomic E-state index is 12.4. The topological polar surface area (TPSA) is 38.8 Å². The number of nitrogens with zero attached hydrogens (tertiary/aromatic N) is 3. The lowest BCUT2D eigenvalue weighted by Gasteiger charge is -1.80. The van der Waals surface area contributed by atoms with Gasteiger partial charge in [0.05, 0.1) is 0 Å². The van der Waals surface area contributed by atoms with Crippen molar-refractivity contribution in [3.8, 4) is 0 Å². The highest BCUT2D eigenvalue weighted by Gasteiger charge is 1.97. The minimum absolute atomic E-state index is 0.310. The number of fused-ring (bicyclic) bond motifs is 1. The lowest BCUT2D eigenvalue weighted by Crippen LogP contribution is -2.21. The van der Waals surface area contributed by atoms with Crippen LogP contribution in [-0.4, -0.2) is 0 Å². The molecule has 0 unspecified atom stereocenters. The fourth-order valence-corrected chi connectivity index (χ4v) is 0.780. The van der Waals surface area contributed by atoms with Crippen molar-refractivity contribution >= 4 is 0 Å². The SMILES string of the molecule is Fc1ccc2c(c1)=N[N]N=2. The zero-order valence-electron chi connectivity index (χ0n) is 4.95. The molecule has 1 aliphatic heterocycles. The molecular formula is C6H3FN3. The fraction of sp³-hybridized carbons (Fsp3) is 0. The molecule has 4 heteroatoms. The largest absolute Gasteiger partial charge is 0.207 e. The van der Waals surface area contributed by atoms with Gasteiger partial charge in [-0.15, -0.1) is 10.2 Å². The molecule has 0 fully saturated rings. The summed E-state index contributed by atoms with van der Waals surface area (Å²) in [6, 6.07) is 4.18. The summed E-state index contributed by atoms with van der Waals surface area (Å²) < 4.78 is 12.4. The zero-order chi connectivity index (χ0) is 6.97. The number of hydrogen-bond donors (Lipinski definition) is 0. The molecule has 0 aromatic heterocycles. The molecule has 1 radical (unpaired) electrons. The second kappa shape index (κ2) is 1.76. The Bertz CT molecular complexity index is 371. The van der Waals surface area contributed by atoms with E-state index in [4.69, 9.17) is 0 Å². The molecule has 1 aromatic rings. The summed E-state index contributed by atoms with van der Waals surface area (Å²) >= 11 is 0. The molecule has 1 aliphatic rings. The summed E-state index contributed by atoms with van der Waals surface area (Å²) in [6.45, 7) is 0. The number of halogens is 1. The number of hydrogen-bond acceptors (Lipinski definition) is 2. The van der Waals surface area contributed by atoms with Gasteiger partial charge in [-0.3, -0.25) is 0 Å². The van der Waals surface area contributed by atoms with Crippen LogP contribution in [0.4, 0.5) is 4.39 Å². The van der Waals surface area contributed by atoms with E-state index < -0.39 is 0 Å². The van der Waals surface area contributed by atoms with Crippen LogP contribution in [0, 0.1) is 5.82 Å². The second-order valence-electron chi connectivity index (χ2n) is 1.92. The highest BCUT2D eigenvalue weighted by Crippen LogP contribution is 1.86. The maximum Gasteiger partial charge on any atom is 0.125 e. The quantitative estimate of drug-likeness (QED) is 0.462. The van der Waals surface area contributed by atoms with Crippen molar-refractivity contribution in [3.63, 3.8) is 0 Å². The van der Waals surface area contributed by atoms with Crippen molar-refractivity contribution in [2.45, 2.75) is 0 Å². The molecule has 1 heterocycles. The van der Waals surface area contributed by atoms with E-state index in [1.165, 1.54) is 12.1 Å². The molecule has 1 aromatic carbocycles. The Hall–Kier alpha value is -1.45. The first-order valence-corrected chi connectivity index (χ1v) is 2.77. The first kappa shape index (κ1) is 5.34. The van der Waals surface area contributed by atoms with Crippen LogP contribution in [0.5, 0.6) is 0 Å². The van der Waals surface area contributed by atoms with Gasteiger partial charge in [0, 0.05) is 6.07 Å². The molecule has 0 saturated carbocycles. The average molecular weight is 136 g/mol. The molecular weight excluding hydrogens is 133 g/mol. The molecule has 2 rings (SSSR count). The van der Waals surface area contributed by atoms with Crippen molar-refractivity contribution in [2.75, 3.05) is 0 Å². The van der Waals surface area contributed by atoms with Gasteiger partial charge in [-0.05, 0) is 17.7 Å². The summed E-state index contributed by atoms with van der Waals surface area (Å²) in [5.74, 6) is -0.310. The van der Waals surface area contributed by atoms with Crippen molar-refractivity contribution in [1.82, 2.24) is 5.53 Å². The van der Waals surface area contributed by atoms with Gasteiger partial charge in [-0.2, -0.15) is 0 Å². The van der Waals surface area contributed by atoms with E-state index in [1.807, 2.05) is 0 Å². The van der Waals surface area contributed by atoms with Crippen LogP contribution in [0.3, 0.4) is 0 Å². The van der Waals surface area contributed by atoms with Crippen molar-refractivity contribution in [2.24, 2.45) is 10.2 Å². The number of rotatable bonds is 0. The Labute approximate surface area is 55.9 Å². The Morgan fingerprint density at radius 3 is 2.80 bits per heavy atom. The van der Waals surface area contributed by atoms with Gasteiger partial charge in [0.1, 0.15) is 16.5 Å². The van der Waals surface area contributed by atoms with E-state index in [-0.39, 0.29) is 5.82 Å². The summed E-state index contributed by atoms with van der Waals surface area (Å²) in [5, 5.41) is 8.34. The molecule has 0 aliphatic carbocycles. The van der Waals surface area contributed by atoms with Gasteiger partial charge in [0.2, 0.25) is 0 Å². The van der Waals surface area contributed by atoms with E-state index in [9.17, 15) is 4.39 Å². The molecule has 0 bridgehead atoms. The molecule has 0 amide bonds. The van der Waals surface area contributed by atoms with Crippen LogP contribution in [0.1, 0.15) is 0 Å². The standard InChI is InChI=1S/C6H3FN3/c7-4-1-2-5-6(3-4)9-10-8-5/h1-3H. The third-order valence-electron chi connectivity index (χ3n) is 1.24. The first-order valence-electron chi connectivity index (χ1n) is 2.77. The molecule has 0 spiro atoms. The van der Waals surface area contributed by atoms with Crippen LogP contribution < -0.4 is 16.2 Å². The normalized spacial score (nSPS) is 12.9. The predicted molar refractivity (Wildman–Crippen MR) is 30.8 cm³/mol. The lowest BCUT2D eigenvalue weighted by molar-refractivity contribution is 0.625. The number of benzene rings is 1. The molecule has 10 heavy (non-hydrogen) atoms. The summed E-state index contributed by atoms with van der Waals surface area (Å²) in [4.78, 5) is 0. The van der Waals surface area contributed by atoms with Crippen LogP contribution in [-0.2, 0) is 0 Å². The first-order chi connectivity index (χ1) is 4.86. The molecule has 3 nitrogen and oxygen atoms in total. The Balaban J connectivity index is 2.88. The summed E-state index contributed by atoms with van der Waals surface area (Å²) in [6.07, 6.45) is 0. The highest BCUT2D eigenvalue weighted by molar-refractivity contribution is 5.03. The van der Waals surface area contributed by atoms with E-state index in [2.05, 4.69) is 15.7 Å². The van der Waals surface area contributed by atoms with Crippen molar-refractivity contribution in [3.05, 3.63) is 34.7 Å². The predicted octanol–water partition coefficient (Wildman–Crippen LogP) is -0.487. The second-order valence-corrected chi connectivity index (χ2v) is 1.92. The molecule has 0 saturated heterocycles. The van der Waals surface area contributed by atoms with Gasteiger partial charge in [-0.25, -0.2) is 4.39 Å². The lowest BCUT2D eigenvalue weighted by atomic mass is 10.3. The van der Waals surface area contributed by atoms with E-state index in [0.717, 1.165) is 0 Å². The molecule has 0 atom stereocenters. The zero-order valence-corrected chi connectivity index (χ0v) is 4.95. The van der Waals surface area contributed by atoms with Crippen LogP contribution in [0.25, 0.3) is 0 Å². The van der Waals surface area contributed by atoms with E-state index in [1.54, 1.807) is 6.07 Å². The van der Waals surface area contributed by atoms with Crippen LogP contribution in [0.2, 0.25) is 0 Å². The van der Waals surface area contributed by atoms with Gasteiger partial charge >= 0.3 is 0 Å². The fourth-order valence-electron chi connectivity index (χ4n) is 0.780.